The Labute approximate surface area is 146 Å². The number of hydrogen-bond acceptors (Lipinski definition) is 4. The molecule has 134 valence electrons. The van der Waals surface area contributed by atoms with Crippen molar-refractivity contribution in [3.8, 4) is 11.5 Å². The van der Waals surface area contributed by atoms with Gasteiger partial charge in [-0.1, -0.05) is 19.3 Å². The Morgan fingerprint density at radius 2 is 2.00 bits per heavy atom. The number of benzene rings is 1. The number of nitrogens with zero attached hydrogens (tertiary/aromatic N) is 1. The molecule has 2 fully saturated rings. The van der Waals surface area contributed by atoms with E-state index in [1.165, 1.54) is 58.0 Å². The Hall–Kier alpha value is -1.26. The average Bonchev–Trinajstić information content (AvgIpc) is 2.62. The van der Waals surface area contributed by atoms with Crippen LogP contribution in [0.1, 0.15) is 50.5 Å². The minimum atomic E-state index is 0.346. The highest BCUT2D eigenvalue weighted by molar-refractivity contribution is 5.39. The van der Waals surface area contributed by atoms with Crippen LogP contribution in [0.3, 0.4) is 0 Å². The molecule has 2 aliphatic rings. The van der Waals surface area contributed by atoms with E-state index < -0.39 is 0 Å². The first-order chi connectivity index (χ1) is 11.7. The van der Waals surface area contributed by atoms with Crippen LogP contribution >= 0.6 is 0 Å². The number of hydrogen-bond donors (Lipinski definition) is 2. The first-order valence-electron chi connectivity index (χ1n) is 9.56. The number of phenols is 1. The van der Waals surface area contributed by atoms with E-state index in [2.05, 4.69) is 10.2 Å². The predicted molar refractivity (Wildman–Crippen MR) is 97.5 cm³/mol. The highest BCUT2D eigenvalue weighted by atomic mass is 16.5. The monoisotopic (exact) mass is 332 g/mol. The molecule has 2 N–H and O–H groups in total. The number of rotatable bonds is 6. The van der Waals surface area contributed by atoms with Crippen LogP contribution in [0.2, 0.25) is 0 Å². The lowest BCUT2D eigenvalue weighted by atomic mass is 9.88. The zero-order chi connectivity index (χ0) is 16.8. The highest BCUT2D eigenvalue weighted by Gasteiger charge is 2.23. The van der Waals surface area contributed by atoms with Crippen LogP contribution in [0.15, 0.2) is 18.2 Å². The Balaban J connectivity index is 1.48. The largest absolute Gasteiger partial charge is 0.508 e. The van der Waals surface area contributed by atoms with Gasteiger partial charge in [0.25, 0.3) is 0 Å². The quantitative estimate of drug-likeness (QED) is 0.836. The SMILES string of the molecule is COc1ccc(O)c(CNC2CCCN(CC3CCCCC3)C2)c1. The molecular weight excluding hydrogens is 300 g/mol. The molecule has 24 heavy (non-hydrogen) atoms. The van der Waals surface area contributed by atoms with Crippen LogP contribution in [0, 0.1) is 5.92 Å². The Bertz CT molecular complexity index is 514. The van der Waals surface area contributed by atoms with E-state index in [0.29, 0.717) is 18.3 Å². The van der Waals surface area contributed by atoms with Crippen LogP contribution in [-0.4, -0.2) is 42.8 Å². The fourth-order valence-corrected chi connectivity index (χ4v) is 4.21. The number of phenolic OH excluding ortho intramolecular Hbond substituents is 1. The molecule has 1 saturated heterocycles. The van der Waals surface area contributed by atoms with Crippen LogP contribution in [0.25, 0.3) is 0 Å². The predicted octanol–water partition coefficient (Wildman–Crippen LogP) is 3.54. The second-order valence-corrected chi connectivity index (χ2v) is 7.48. The average molecular weight is 332 g/mol. The molecule has 0 amide bonds. The van der Waals surface area contributed by atoms with Crippen LogP contribution in [0.4, 0.5) is 0 Å². The van der Waals surface area contributed by atoms with E-state index >= 15 is 0 Å². The summed E-state index contributed by atoms with van der Waals surface area (Å²) in [6.45, 7) is 4.37. The first kappa shape index (κ1) is 17.6. The third kappa shape index (κ3) is 4.87. The minimum absolute atomic E-state index is 0.346. The molecule has 0 spiro atoms. The van der Waals surface area contributed by atoms with Gasteiger partial charge in [0.1, 0.15) is 11.5 Å². The van der Waals surface area contributed by atoms with E-state index in [-0.39, 0.29) is 0 Å². The van der Waals surface area contributed by atoms with Gasteiger partial charge < -0.3 is 20.1 Å². The third-order valence-electron chi connectivity index (χ3n) is 5.61. The van der Waals surface area contributed by atoms with Crippen LogP contribution in [-0.2, 0) is 6.54 Å². The van der Waals surface area contributed by atoms with Crippen molar-refractivity contribution in [3.05, 3.63) is 23.8 Å². The zero-order valence-electron chi connectivity index (χ0n) is 15.0. The van der Waals surface area contributed by atoms with Gasteiger partial charge in [0, 0.05) is 31.2 Å². The lowest BCUT2D eigenvalue weighted by Gasteiger charge is -2.36. The summed E-state index contributed by atoms with van der Waals surface area (Å²) in [5.41, 5.74) is 0.916. The molecule has 0 radical (unpaired) electrons. The van der Waals surface area contributed by atoms with Crippen molar-refractivity contribution in [3.63, 3.8) is 0 Å². The van der Waals surface area contributed by atoms with Gasteiger partial charge in [-0.3, -0.25) is 0 Å². The van der Waals surface area contributed by atoms with E-state index in [1.807, 2.05) is 6.07 Å². The van der Waals surface area contributed by atoms with Gasteiger partial charge in [0.05, 0.1) is 7.11 Å². The lowest BCUT2D eigenvalue weighted by Crippen LogP contribution is -2.47. The number of methoxy groups -OCH3 is 1. The molecule has 0 aromatic heterocycles. The van der Waals surface area contributed by atoms with Crippen molar-refractivity contribution in [2.75, 3.05) is 26.7 Å². The number of ether oxygens (including phenoxy) is 1. The Morgan fingerprint density at radius 1 is 1.17 bits per heavy atom. The molecule has 1 aliphatic heterocycles. The van der Waals surface area contributed by atoms with Gasteiger partial charge in [-0.05, 0) is 56.3 Å². The molecule has 4 nitrogen and oxygen atoms in total. The summed E-state index contributed by atoms with van der Waals surface area (Å²) in [6.07, 6.45) is 9.63. The maximum absolute atomic E-state index is 10.0. The Kier molecular flexibility index (Phi) is 6.38. The molecule has 1 saturated carbocycles. The summed E-state index contributed by atoms with van der Waals surface area (Å²) in [5, 5.41) is 13.7. The number of aromatic hydroxyl groups is 1. The number of piperidine rings is 1. The van der Waals surface area contributed by atoms with Gasteiger partial charge >= 0.3 is 0 Å². The number of nitrogens with one attached hydrogen (secondary N) is 1. The van der Waals surface area contributed by atoms with E-state index in [4.69, 9.17) is 4.74 Å². The maximum Gasteiger partial charge on any atom is 0.120 e. The summed E-state index contributed by atoms with van der Waals surface area (Å²) in [4.78, 5) is 2.66. The molecule has 4 heteroatoms. The van der Waals surface area contributed by atoms with E-state index in [9.17, 15) is 5.11 Å². The molecule has 1 heterocycles. The van der Waals surface area contributed by atoms with Gasteiger partial charge in [-0.25, -0.2) is 0 Å². The summed E-state index contributed by atoms with van der Waals surface area (Å²) in [7, 11) is 1.66. The van der Waals surface area contributed by atoms with Gasteiger partial charge in [0.2, 0.25) is 0 Å². The second kappa shape index (κ2) is 8.72. The Morgan fingerprint density at radius 3 is 2.79 bits per heavy atom. The van der Waals surface area contributed by atoms with Gasteiger partial charge in [-0.15, -0.1) is 0 Å². The fraction of sp³-hybridized carbons (Fsp3) is 0.700. The topological polar surface area (TPSA) is 44.7 Å². The normalized spacial score (nSPS) is 23.3. The van der Waals surface area contributed by atoms with Crippen molar-refractivity contribution >= 4 is 0 Å². The molecule has 1 unspecified atom stereocenters. The van der Waals surface area contributed by atoms with Gasteiger partial charge in [0.15, 0.2) is 0 Å². The first-order valence-corrected chi connectivity index (χ1v) is 9.56. The summed E-state index contributed by atoms with van der Waals surface area (Å²) in [6, 6.07) is 5.95. The molecule has 1 aliphatic carbocycles. The zero-order valence-corrected chi connectivity index (χ0v) is 15.0. The molecular formula is C20H32N2O2. The smallest absolute Gasteiger partial charge is 0.120 e. The maximum atomic E-state index is 10.0. The molecule has 1 aromatic carbocycles. The van der Waals surface area contributed by atoms with Crippen molar-refractivity contribution in [1.29, 1.82) is 0 Å². The summed E-state index contributed by atoms with van der Waals surface area (Å²) in [5.74, 6) is 2.06. The molecule has 1 atom stereocenters. The highest BCUT2D eigenvalue weighted by Crippen LogP contribution is 2.26. The van der Waals surface area contributed by atoms with E-state index in [0.717, 1.165) is 23.8 Å². The molecule has 3 rings (SSSR count). The standard InChI is InChI=1S/C20H32N2O2/c1-24-19-9-10-20(23)17(12-19)13-21-18-8-5-11-22(15-18)14-16-6-3-2-4-7-16/h9-10,12,16,18,21,23H,2-8,11,13-15H2,1H3. The van der Waals surface area contributed by atoms with Crippen molar-refractivity contribution in [2.24, 2.45) is 5.92 Å². The fourth-order valence-electron chi connectivity index (χ4n) is 4.21. The summed E-state index contributed by atoms with van der Waals surface area (Å²) >= 11 is 0. The van der Waals surface area contributed by atoms with Crippen molar-refractivity contribution < 1.29 is 9.84 Å². The lowest BCUT2D eigenvalue weighted by molar-refractivity contribution is 0.149. The minimum Gasteiger partial charge on any atom is -0.508 e. The summed E-state index contributed by atoms with van der Waals surface area (Å²) < 4.78 is 5.26. The molecule has 0 bridgehead atoms. The van der Waals surface area contributed by atoms with Crippen LogP contribution in [0.5, 0.6) is 11.5 Å². The van der Waals surface area contributed by atoms with E-state index in [1.54, 1.807) is 19.2 Å². The van der Waals surface area contributed by atoms with Crippen molar-refractivity contribution in [2.45, 2.75) is 57.5 Å². The van der Waals surface area contributed by atoms with Crippen LogP contribution < -0.4 is 10.1 Å². The third-order valence-corrected chi connectivity index (χ3v) is 5.61. The molecule has 1 aromatic rings. The van der Waals surface area contributed by atoms with Gasteiger partial charge in [-0.2, -0.15) is 0 Å². The second-order valence-electron chi connectivity index (χ2n) is 7.48. The number of likely N-dealkylation sites (tertiary alicyclic amines) is 1. The van der Waals surface area contributed by atoms with Crippen molar-refractivity contribution in [1.82, 2.24) is 10.2 Å².